The van der Waals surface area contributed by atoms with E-state index < -0.39 is 11.8 Å². The second-order valence-corrected chi connectivity index (χ2v) is 4.36. The molecule has 110 valence electrons. The lowest BCUT2D eigenvalue weighted by molar-refractivity contribution is 0.0696. The molecule has 0 radical (unpaired) electrons. The minimum Gasteiger partial charge on any atom is -0.497 e. The summed E-state index contributed by atoms with van der Waals surface area (Å²) in [5.74, 6) is -0.763. The van der Waals surface area contributed by atoms with Gasteiger partial charge in [-0.3, -0.25) is 0 Å². The number of anilines is 2. The largest absolute Gasteiger partial charge is 0.497 e. The zero-order valence-electron chi connectivity index (χ0n) is 11.7. The number of aromatic nitrogens is 1. The molecule has 0 spiro atoms. The molecule has 0 amide bonds. The number of hydrogen-bond donors (Lipinski definition) is 2. The predicted octanol–water partition coefficient (Wildman–Crippen LogP) is 3.23. The van der Waals surface area contributed by atoms with Gasteiger partial charge in [-0.25, -0.2) is 14.2 Å². The first-order valence-electron chi connectivity index (χ1n) is 6.38. The molecule has 0 bridgehead atoms. The third-order valence-corrected chi connectivity index (χ3v) is 2.92. The predicted molar refractivity (Wildman–Crippen MR) is 76.8 cm³/mol. The van der Waals surface area contributed by atoms with Crippen molar-refractivity contribution < 1.29 is 19.0 Å². The summed E-state index contributed by atoms with van der Waals surface area (Å²) in [4.78, 5) is 15.3. The number of carboxylic acid groups (broad SMARTS) is 1. The molecule has 2 rings (SSSR count). The topological polar surface area (TPSA) is 71.5 Å². The van der Waals surface area contributed by atoms with Gasteiger partial charge in [-0.1, -0.05) is 6.92 Å². The fourth-order valence-electron chi connectivity index (χ4n) is 1.82. The summed E-state index contributed by atoms with van der Waals surface area (Å²) in [6.45, 7) is 1.86. The number of aryl methyl sites for hydroxylation is 1. The van der Waals surface area contributed by atoms with Crippen LogP contribution in [0.25, 0.3) is 0 Å². The fourth-order valence-corrected chi connectivity index (χ4v) is 1.82. The summed E-state index contributed by atoms with van der Waals surface area (Å²) in [5, 5.41) is 11.9. The van der Waals surface area contributed by atoms with Crippen LogP contribution in [0.4, 0.5) is 15.9 Å². The van der Waals surface area contributed by atoms with Gasteiger partial charge in [0.1, 0.15) is 17.4 Å². The van der Waals surface area contributed by atoms with Gasteiger partial charge >= 0.3 is 5.97 Å². The Labute approximate surface area is 121 Å². The molecule has 1 aromatic heterocycles. The van der Waals surface area contributed by atoms with Gasteiger partial charge in [-0.2, -0.15) is 0 Å². The highest BCUT2D eigenvalue weighted by Gasteiger charge is 2.10. The lowest BCUT2D eigenvalue weighted by Crippen LogP contribution is -2.04. The molecule has 0 unspecified atom stereocenters. The molecule has 0 atom stereocenters. The van der Waals surface area contributed by atoms with Crippen molar-refractivity contribution in [2.24, 2.45) is 0 Å². The summed E-state index contributed by atoms with van der Waals surface area (Å²) in [7, 11) is 1.48. The van der Waals surface area contributed by atoms with Gasteiger partial charge in [0.25, 0.3) is 0 Å². The molecule has 0 aliphatic heterocycles. The molecule has 2 aromatic rings. The van der Waals surface area contributed by atoms with E-state index in [0.29, 0.717) is 17.9 Å². The van der Waals surface area contributed by atoms with Gasteiger partial charge < -0.3 is 15.2 Å². The molecular weight excluding hydrogens is 275 g/mol. The Bertz CT molecular complexity index is 674. The third kappa shape index (κ3) is 3.47. The van der Waals surface area contributed by atoms with E-state index in [9.17, 15) is 9.18 Å². The summed E-state index contributed by atoms with van der Waals surface area (Å²) in [6, 6.07) is 7.11. The van der Waals surface area contributed by atoms with E-state index in [1.807, 2.05) is 6.92 Å². The average molecular weight is 290 g/mol. The molecule has 0 aliphatic carbocycles. The second kappa shape index (κ2) is 6.21. The highest BCUT2D eigenvalue weighted by molar-refractivity contribution is 5.88. The van der Waals surface area contributed by atoms with Crippen molar-refractivity contribution in [2.75, 3.05) is 12.4 Å². The number of carbonyl (C=O) groups is 1. The van der Waals surface area contributed by atoms with E-state index >= 15 is 0 Å². The van der Waals surface area contributed by atoms with Crippen molar-refractivity contribution in [3.63, 3.8) is 0 Å². The maximum absolute atomic E-state index is 13.8. The first kappa shape index (κ1) is 14.8. The van der Waals surface area contributed by atoms with Gasteiger partial charge in [-0.15, -0.1) is 0 Å². The number of benzene rings is 1. The van der Waals surface area contributed by atoms with Crippen LogP contribution in [0.3, 0.4) is 0 Å². The molecule has 1 heterocycles. The number of methoxy groups -OCH3 is 1. The lowest BCUT2D eigenvalue weighted by atomic mass is 10.2. The van der Waals surface area contributed by atoms with Crippen molar-refractivity contribution in [1.29, 1.82) is 0 Å². The molecule has 5 nitrogen and oxygen atoms in total. The molecule has 6 heteroatoms. The number of halogens is 1. The number of nitrogens with zero attached hydrogens (tertiary/aromatic N) is 1. The number of ether oxygens (including phenoxy) is 1. The molecular formula is C15H15FN2O3. The van der Waals surface area contributed by atoms with E-state index in [0.717, 1.165) is 0 Å². The van der Waals surface area contributed by atoms with Gasteiger partial charge in [-0.05, 0) is 30.7 Å². The summed E-state index contributed by atoms with van der Waals surface area (Å²) in [6.07, 6.45) is 0.580. The van der Waals surface area contributed by atoms with Crippen LogP contribution in [0.1, 0.15) is 23.0 Å². The number of hydrogen-bond acceptors (Lipinski definition) is 4. The van der Waals surface area contributed by atoms with Crippen LogP contribution >= 0.6 is 0 Å². The molecule has 0 saturated heterocycles. The van der Waals surface area contributed by atoms with E-state index in [1.165, 1.54) is 37.4 Å². The Morgan fingerprint density at radius 2 is 2.14 bits per heavy atom. The number of rotatable bonds is 5. The zero-order valence-corrected chi connectivity index (χ0v) is 11.7. The van der Waals surface area contributed by atoms with Crippen molar-refractivity contribution in [3.8, 4) is 5.75 Å². The van der Waals surface area contributed by atoms with Crippen LogP contribution in [-0.2, 0) is 6.42 Å². The van der Waals surface area contributed by atoms with Crippen LogP contribution in [0, 0.1) is 5.82 Å². The van der Waals surface area contributed by atoms with E-state index in [2.05, 4.69) is 10.3 Å². The van der Waals surface area contributed by atoms with E-state index in [4.69, 9.17) is 9.84 Å². The smallest absolute Gasteiger partial charge is 0.335 e. The monoisotopic (exact) mass is 290 g/mol. The van der Waals surface area contributed by atoms with Crippen LogP contribution in [0.5, 0.6) is 5.75 Å². The van der Waals surface area contributed by atoms with Crippen molar-refractivity contribution in [1.82, 2.24) is 4.98 Å². The van der Waals surface area contributed by atoms with Crippen LogP contribution in [0.15, 0.2) is 30.3 Å². The standard InChI is InChI=1S/C15H15FN2O3/c1-3-10-6-9(15(19)20)7-14(17-10)18-13-8-11(21-2)4-5-12(13)16/h4-8H,3H2,1-2H3,(H,17,18)(H,19,20). The second-order valence-electron chi connectivity index (χ2n) is 4.36. The van der Waals surface area contributed by atoms with Gasteiger partial charge in [0.15, 0.2) is 0 Å². The summed E-state index contributed by atoms with van der Waals surface area (Å²) < 4.78 is 18.8. The number of aromatic carboxylic acids is 1. The van der Waals surface area contributed by atoms with E-state index in [-0.39, 0.29) is 17.1 Å². The van der Waals surface area contributed by atoms with Gasteiger partial charge in [0.05, 0.1) is 18.4 Å². The zero-order chi connectivity index (χ0) is 15.4. The highest BCUT2D eigenvalue weighted by atomic mass is 19.1. The Balaban J connectivity index is 2.39. The molecule has 0 saturated carbocycles. The molecule has 2 N–H and O–H groups in total. The summed E-state index contributed by atoms with van der Waals surface area (Å²) >= 11 is 0. The average Bonchev–Trinajstić information content (AvgIpc) is 2.49. The summed E-state index contributed by atoms with van der Waals surface area (Å²) in [5.41, 5.74) is 0.889. The van der Waals surface area contributed by atoms with Crippen LogP contribution in [-0.4, -0.2) is 23.2 Å². The number of carboxylic acids is 1. The van der Waals surface area contributed by atoms with Crippen molar-refractivity contribution in [2.45, 2.75) is 13.3 Å². The van der Waals surface area contributed by atoms with Crippen LogP contribution < -0.4 is 10.1 Å². The maximum atomic E-state index is 13.8. The molecule has 1 aromatic carbocycles. The first-order valence-corrected chi connectivity index (χ1v) is 6.38. The fraction of sp³-hybridized carbons (Fsp3) is 0.200. The Kier molecular flexibility index (Phi) is 4.37. The molecule has 0 fully saturated rings. The highest BCUT2D eigenvalue weighted by Crippen LogP contribution is 2.24. The lowest BCUT2D eigenvalue weighted by Gasteiger charge is -2.10. The minimum absolute atomic E-state index is 0.104. The maximum Gasteiger partial charge on any atom is 0.335 e. The molecule has 21 heavy (non-hydrogen) atoms. The van der Waals surface area contributed by atoms with E-state index in [1.54, 1.807) is 0 Å². The first-order chi connectivity index (χ1) is 10.0. The normalized spacial score (nSPS) is 10.2. The van der Waals surface area contributed by atoms with Crippen LogP contribution in [0.2, 0.25) is 0 Å². The van der Waals surface area contributed by atoms with Gasteiger partial charge in [0.2, 0.25) is 0 Å². The quantitative estimate of drug-likeness (QED) is 0.884. The third-order valence-electron chi connectivity index (χ3n) is 2.92. The molecule has 0 aliphatic rings. The Morgan fingerprint density at radius 3 is 2.76 bits per heavy atom. The van der Waals surface area contributed by atoms with Crippen molar-refractivity contribution in [3.05, 3.63) is 47.4 Å². The van der Waals surface area contributed by atoms with Gasteiger partial charge in [0, 0.05) is 11.8 Å². The number of pyridine rings is 1. The Morgan fingerprint density at radius 1 is 1.38 bits per heavy atom. The van der Waals surface area contributed by atoms with Crippen molar-refractivity contribution >= 4 is 17.5 Å². The SMILES string of the molecule is CCc1cc(C(=O)O)cc(Nc2cc(OC)ccc2F)n1. The Hall–Kier alpha value is -2.63. The minimum atomic E-state index is -1.05. The number of nitrogens with one attached hydrogen (secondary N) is 1.